The Morgan fingerprint density at radius 2 is 1.90 bits per heavy atom. The van der Waals surface area contributed by atoms with Gasteiger partial charge in [0.2, 0.25) is 0 Å². The van der Waals surface area contributed by atoms with Gasteiger partial charge >= 0.3 is 0 Å². The molecule has 0 bridgehead atoms. The topological polar surface area (TPSA) is 62.8 Å². The highest BCUT2D eigenvalue weighted by molar-refractivity contribution is 5.91. The minimum Gasteiger partial charge on any atom is -0.488 e. The summed E-state index contributed by atoms with van der Waals surface area (Å²) in [4.78, 5) is 14.8. The highest BCUT2D eigenvalue weighted by Crippen LogP contribution is 2.38. The van der Waals surface area contributed by atoms with Gasteiger partial charge in [0.15, 0.2) is 5.75 Å². The molecule has 3 aliphatic rings. The molecule has 2 fully saturated rings. The predicted octanol–water partition coefficient (Wildman–Crippen LogP) is 5.85. The fourth-order valence-electron chi connectivity index (χ4n) is 6.57. The fourth-order valence-corrected chi connectivity index (χ4v) is 6.57. The van der Waals surface area contributed by atoms with Gasteiger partial charge in [0.05, 0.1) is 24.9 Å². The van der Waals surface area contributed by atoms with E-state index in [0.717, 1.165) is 80.1 Å². The normalized spacial score (nSPS) is 20.1. The summed E-state index contributed by atoms with van der Waals surface area (Å²) in [6.07, 6.45) is 8.56. The molecule has 0 spiro atoms. The van der Waals surface area contributed by atoms with Gasteiger partial charge in [-0.3, -0.25) is 4.98 Å². The summed E-state index contributed by atoms with van der Waals surface area (Å²) in [7, 11) is 1.66. The summed E-state index contributed by atoms with van der Waals surface area (Å²) in [6.45, 7) is 8.17. The van der Waals surface area contributed by atoms with Crippen LogP contribution in [0.4, 0.5) is 15.8 Å². The molecular weight excluding hydrogens is 505 g/mol. The summed E-state index contributed by atoms with van der Waals surface area (Å²) in [5.41, 5.74) is 6.28. The lowest BCUT2D eigenvalue weighted by atomic mass is 9.93. The maximum Gasteiger partial charge on any atom is 0.257 e. The van der Waals surface area contributed by atoms with Crippen LogP contribution in [0.3, 0.4) is 0 Å². The number of aryl methyl sites for hydroxylation is 1. The van der Waals surface area contributed by atoms with E-state index in [1.165, 1.54) is 49.7 Å². The quantitative estimate of drug-likeness (QED) is 0.337. The second-order valence-electron chi connectivity index (χ2n) is 11.8. The van der Waals surface area contributed by atoms with Crippen LogP contribution >= 0.6 is 0 Å². The molecule has 0 saturated carbocycles. The van der Waals surface area contributed by atoms with Crippen molar-refractivity contribution in [3.05, 3.63) is 47.4 Å². The largest absolute Gasteiger partial charge is 0.488 e. The molecule has 1 N–H and O–H groups in total. The van der Waals surface area contributed by atoms with Gasteiger partial charge in [-0.25, -0.2) is 9.37 Å². The van der Waals surface area contributed by atoms with E-state index in [9.17, 15) is 4.39 Å². The number of hydrogen-bond acceptors (Lipinski definition) is 7. The molecule has 4 heterocycles. The van der Waals surface area contributed by atoms with Crippen molar-refractivity contribution in [2.75, 3.05) is 56.7 Å². The van der Waals surface area contributed by atoms with E-state index in [4.69, 9.17) is 19.4 Å². The van der Waals surface area contributed by atoms with E-state index in [2.05, 4.69) is 22.0 Å². The van der Waals surface area contributed by atoms with Gasteiger partial charge in [0.1, 0.15) is 11.3 Å². The number of rotatable bonds is 9. The first kappa shape index (κ1) is 27.1. The standard InChI is InChI=1S/C32H42FN5O2/c1-22-11-15-37(21-22)14-6-18-40-29-20-28-31(36-32(29)39-2)30(26-9-3-4-10-27(26)35-28)34-24-12-16-38(17-13-24)25-8-5-7-23(33)19-25/h5,7-8,19-20,22,24H,3-4,6,9-18,21H2,1-2H3,(H,34,35). The second-order valence-corrected chi connectivity index (χ2v) is 11.8. The Bertz CT molecular complexity index is 1330. The average Bonchev–Trinajstić information content (AvgIpc) is 3.40. The molecule has 3 aromatic rings. The van der Waals surface area contributed by atoms with Gasteiger partial charge < -0.3 is 24.6 Å². The van der Waals surface area contributed by atoms with E-state index < -0.39 is 0 Å². The van der Waals surface area contributed by atoms with Crippen molar-refractivity contribution in [2.45, 2.75) is 64.3 Å². The van der Waals surface area contributed by atoms with E-state index in [-0.39, 0.29) is 5.82 Å². The van der Waals surface area contributed by atoms with E-state index in [1.807, 2.05) is 12.1 Å². The minimum atomic E-state index is -0.183. The van der Waals surface area contributed by atoms with Gasteiger partial charge in [-0.05, 0) is 87.6 Å². The second kappa shape index (κ2) is 12.2. The number of benzene rings is 1. The zero-order valence-corrected chi connectivity index (χ0v) is 23.9. The number of piperidine rings is 1. The molecule has 1 aromatic carbocycles. The lowest BCUT2D eigenvalue weighted by molar-refractivity contribution is 0.249. The SMILES string of the molecule is COc1nc2c(NC3CCN(c4cccc(F)c4)CC3)c3c(nc2cc1OCCCN1CCC(C)C1)CCCC3. The maximum absolute atomic E-state index is 13.8. The zero-order valence-electron chi connectivity index (χ0n) is 23.9. The van der Waals surface area contributed by atoms with Crippen molar-refractivity contribution in [3.8, 4) is 11.6 Å². The Morgan fingerprint density at radius 3 is 2.67 bits per heavy atom. The summed E-state index contributed by atoms with van der Waals surface area (Å²) in [5, 5.41) is 3.89. The monoisotopic (exact) mass is 547 g/mol. The number of fused-ring (bicyclic) bond motifs is 2. The predicted molar refractivity (Wildman–Crippen MR) is 158 cm³/mol. The lowest BCUT2D eigenvalue weighted by Crippen LogP contribution is -2.39. The summed E-state index contributed by atoms with van der Waals surface area (Å²) >= 11 is 0. The van der Waals surface area contributed by atoms with Crippen molar-refractivity contribution in [2.24, 2.45) is 5.92 Å². The number of methoxy groups -OCH3 is 1. The van der Waals surface area contributed by atoms with Crippen LogP contribution in [-0.2, 0) is 12.8 Å². The minimum absolute atomic E-state index is 0.183. The zero-order chi connectivity index (χ0) is 27.5. The number of anilines is 2. The first-order chi connectivity index (χ1) is 19.6. The fraction of sp³-hybridized carbons (Fsp3) is 0.562. The number of nitrogens with one attached hydrogen (secondary N) is 1. The van der Waals surface area contributed by atoms with Crippen molar-refractivity contribution in [1.29, 1.82) is 0 Å². The maximum atomic E-state index is 13.8. The van der Waals surface area contributed by atoms with Gasteiger partial charge in [-0.2, -0.15) is 0 Å². The third kappa shape index (κ3) is 5.97. The number of hydrogen-bond donors (Lipinski definition) is 1. The highest BCUT2D eigenvalue weighted by atomic mass is 19.1. The average molecular weight is 548 g/mol. The molecule has 6 rings (SSSR count). The van der Waals surface area contributed by atoms with E-state index in [1.54, 1.807) is 19.2 Å². The van der Waals surface area contributed by atoms with Crippen LogP contribution < -0.4 is 19.7 Å². The molecule has 2 aromatic heterocycles. The lowest BCUT2D eigenvalue weighted by Gasteiger charge is -2.35. The van der Waals surface area contributed by atoms with Crippen molar-refractivity contribution < 1.29 is 13.9 Å². The van der Waals surface area contributed by atoms with Crippen LogP contribution in [0, 0.1) is 11.7 Å². The smallest absolute Gasteiger partial charge is 0.257 e. The summed E-state index contributed by atoms with van der Waals surface area (Å²) in [6, 6.07) is 9.25. The molecule has 1 unspecified atom stereocenters. The highest BCUT2D eigenvalue weighted by Gasteiger charge is 2.26. The molecule has 1 aliphatic carbocycles. The number of pyridine rings is 2. The van der Waals surface area contributed by atoms with Crippen LogP contribution in [0.25, 0.3) is 11.0 Å². The third-order valence-corrected chi connectivity index (χ3v) is 8.76. The number of nitrogens with zero attached hydrogens (tertiary/aromatic N) is 4. The molecule has 2 aliphatic heterocycles. The van der Waals surface area contributed by atoms with Crippen LogP contribution in [-0.4, -0.2) is 67.4 Å². The molecule has 0 amide bonds. The number of aromatic nitrogens is 2. The van der Waals surface area contributed by atoms with Crippen LogP contribution in [0.2, 0.25) is 0 Å². The first-order valence-corrected chi connectivity index (χ1v) is 15.1. The molecule has 214 valence electrons. The Balaban J connectivity index is 1.19. The van der Waals surface area contributed by atoms with E-state index in [0.29, 0.717) is 24.3 Å². The Kier molecular flexibility index (Phi) is 8.23. The van der Waals surface area contributed by atoms with Gasteiger partial charge in [0.25, 0.3) is 5.88 Å². The van der Waals surface area contributed by atoms with Crippen LogP contribution in [0.1, 0.15) is 56.7 Å². The van der Waals surface area contributed by atoms with Crippen LogP contribution in [0.5, 0.6) is 11.6 Å². The third-order valence-electron chi connectivity index (χ3n) is 8.76. The Labute approximate surface area is 237 Å². The molecule has 7 nitrogen and oxygen atoms in total. The Morgan fingerprint density at radius 1 is 1.05 bits per heavy atom. The molecule has 2 saturated heterocycles. The summed E-state index contributed by atoms with van der Waals surface area (Å²) in [5.74, 6) is 1.80. The number of ether oxygens (including phenoxy) is 2. The molecule has 1 atom stereocenters. The number of likely N-dealkylation sites (tertiary alicyclic amines) is 1. The van der Waals surface area contributed by atoms with Crippen LogP contribution in [0.15, 0.2) is 30.3 Å². The first-order valence-electron chi connectivity index (χ1n) is 15.1. The molecule has 0 radical (unpaired) electrons. The molecule has 8 heteroatoms. The Hall–Kier alpha value is -3.13. The van der Waals surface area contributed by atoms with Gasteiger partial charge in [0, 0.05) is 49.7 Å². The molecular formula is C32H42FN5O2. The van der Waals surface area contributed by atoms with Crippen molar-refractivity contribution >= 4 is 22.4 Å². The van der Waals surface area contributed by atoms with E-state index >= 15 is 0 Å². The van der Waals surface area contributed by atoms with Crippen molar-refractivity contribution in [3.63, 3.8) is 0 Å². The molecule has 40 heavy (non-hydrogen) atoms. The summed E-state index contributed by atoms with van der Waals surface area (Å²) < 4.78 is 25.7. The van der Waals surface area contributed by atoms with Crippen molar-refractivity contribution in [1.82, 2.24) is 14.9 Å². The van der Waals surface area contributed by atoms with Gasteiger partial charge in [-0.1, -0.05) is 13.0 Å². The number of halogens is 1. The van der Waals surface area contributed by atoms with Gasteiger partial charge in [-0.15, -0.1) is 0 Å².